The maximum Gasteiger partial charge on any atom is 0.428 e. The van der Waals surface area contributed by atoms with Crippen LogP contribution in [0.5, 0.6) is 0 Å². The van der Waals surface area contributed by atoms with E-state index in [2.05, 4.69) is 4.99 Å². The quantitative estimate of drug-likeness (QED) is 0.736. The summed E-state index contributed by atoms with van der Waals surface area (Å²) in [5.74, 6) is 0. The molecule has 0 unspecified atom stereocenters. The fourth-order valence-corrected chi connectivity index (χ4v) is 3.50. The van der Waals surface area contributed by atoms with Crippen LogP contribution in [0.2, 0.25) is 0 Å². The lowest BCUT2D eigenvalue weighted by Crippen LogP contribution is -2.66. The van der Waals surface area contributed by atoms with Gasteiger partial charge in [0.05, 0.1) is 6.04 Å². The van der Waals surface area contributed by atoms with Crippen molar-refractivity contribution < 1.29 is 36.2 Å². The van der Waals surface area contributed by atoms with E-state index in [9.17, 15) is 31.4 Å². The lowest BCUT2D eigenvalue weighted by molar-refractivity contribution is -0.398. The Balaban J connectivity index is 2.22. The highest BCUT2D eigenvalue weighted by Crippen LogP contribution is 2.50. The number of rotatable bonds is 1. The minimum absolute atomic E-state index is 0.0197. The third-order valence-corrected chi connectivity index (χ3v) is 4.89. The summed E-state index contributed by atoms with van der Waals surface area (Å²) in [7, 11) is 3.31. The van der Waals surface area contributed by atoms with Crippen LogP contribution in [0, 0.1) is 0 Å². The molecule has 22 heavy (non-hydrogen) atoms. The average molecular weight is 352 g/mol. The molecule has 128 valence electrons. The number of ether oxygens (including phenoxy) is 1. The Morgan fingerprint density at radius 2 is 1.68 bits per heavy atom. The molecule has 2 rings (SSSR count). The molecule has 0 radical (unpaired) electrons. The Morgan fingerprint density at radius 3 is 2.14 bits per heavy atom. The molecule has 4 nitrogen and oxygen atoms in total. The van der Waals surface area contributed by atoms with Gasteiger partial charge in [0.1, 0.15) is 11.5 Å². The van der Waals surface area contributed by atoms with Crippen molar-refractivity contribution in [2.45, 2.75) is 48.4 Å². The lowest BCUT2D eigenvalue weighted by Gasteiger charge is -2.42. The Labute approximate surface area is 126 Å². The van der Waals surface area contributed by atoms with Gasteiger partial charge in [-0.25, -0.2) is 0 Å². The molecule has 2 aliphatic rings. The van der Waals surface area contributed by atoms with Crippen LogP contribution in [0.3, 0.4) is 0 Å². The van der Waals surface area contributed by atoms with Gasteiger partial charge in [0.2, 0.25) is 0 Å². The number of alkyl halides is 6. The number of fused-ring (bicyclic) bond motifs is 1. The van der Waals surface area contributed by atoms with Crippen LogP contribution in [0.4, 0.5) is 26.3 Å². The van der Waals surface area contributed by atoms with Crippen LogP contribution < -0.4 is 0 Å². The number of thioether (sulfide) groups is 1. The summed E-state index contributed by atoms with van der Waals surface area (Å²) in [6.07, 6.45) is -14.8. The molecule has 2 heterocycles. The lowest BCUT2D eigenvalue weighted by atomic mass is 9.88. The molecule has 0 aromatic carbocycles. The van der Waals surface area contributed by atoms with E-state index in [4.69, 9.17) is 4.74 Å². The Morgan fingerprint density at radius 1 is 1.14 bits per heavy atom. The highest BCUT2D eigenvalue weighted by molar-refractivity contribution is 8.14. The van der Waals surface area contributed by atoms with Gasteiger partial charge in [-0.05, 0) is 12.8 Å². The van der Waals surface area contributed by atoms with Gasteiger partial charge in [-0.1, -0.05) is 11.8 Å². The van der Waals surface area contributed by atoms with E-state index < -0.39 is 42.0 Å². The van der Waals surface area contributed by atoms with Crippen LogP contribution in [0.25, 0.3) is 0 Å². The zero-order chi connectivity index (χ0) is 16.9. The van der Waals surface area contributed by atoms with Gasteiger partial charge in [-0.3, -0.25) is 4.99 Å². The number of nitrogens with zero attached hydrogens (tertiary/aromatic N) is 2. The third kappa shape index (κ3) is 2.78. The van der Waals surface area contributed by atoms with Crippen LogP contribution in [0.1, 0.15) is 12.8 Å². The fourth-order valence-electron chi connectivity index (χ4n) is 2.34. The van der Waals surface area contributed by atoms with Crippen LogP contribution in [-0.2, 0) is 4.74 Å². The number of halogens is 6. The maximum absolute atomic E-state index is 12.8. The standard InChI is InChI=1S/C11H14F6N2O2S/c1-19(2)8-18-5-3-4-6(21-7(5)22-8)9(20,10(12,13)14)11(15,16)17/h5-7,20H,3-4H2,1-2H3/t5-,6+,7-/m1/s1. The molecule has 0 amide bonds. The van der Waals surface area contributed by atoms with E-state index in [1.54, 1.807) is 19.0 Å². The highest BCUT2D eigenvalue weighted by atomic mass is 32.2. The molecule has 0 aromatic heterocycles. The zero-order valence-corrected chi connectivity index (χ0v) is 12.4. The summed E-state index contributed by atoms with van der Waals surface area (Å²) in [5, 5.41) is 9.84. The summed E-state index contributed by atoms with van der Waals surface area (Å²) >= 11 is 0.952. The molecule has 1 fully saturated rings. The van der Waals surface area contributed by atoms with Crippen LogP contribution in [0.15, 0.2) is 4.99 Å². The fraction of sp³-hybridized carbons (Fsp3) is 0.909. The van der Waals surface area contributed by atoms with Gasteiger partial charge in [-0.15, -0.1) is 0 Å². The highest BCUT2D eigenvalue weighted by Gasteiger charge is 2.75. The summed E-state index contributed by atoms with van der Waals surface area (Å²) in [6.45, 7) is 0. The summed E-state index contributed by atoms with van der Waals surface area (Å²) in [6, 6.07) is -0.510. The largest absolute Gasteiger partial charge is 0.428 e. The molecule has 1 saturated heterocycles. The van der Waals surface area contributed by atoms with E-state index >= 15 is 0 Å². The van der Waals surface area contributed by atoms with E-state index in [1.165, 1.54) is 0 Å². The molecular formula is C11H14F6N2O2S. The third-order valence-electron chi connectivity index (χ3n) is 3.55. The molecule has 0 saturated carbocycles. The van der Waals surface area contributed by atoms with Crippen LogP contribution >= 0.6 is 11.8 Å². The first kappa shape index (κ1) is 17.7. The van der Waals surface area contributed by atoms with Crippen molar-refractivity contribution in [2.24, 2.45) is 4.99 Å². The monoisotopic (exact) mass is 352 g/mol. The molecule has 0 spiro atoms. The second kappa shape index (κ2) is 5.45. The smallest absolute Gasteiger partial charge is 0.372 e. The first-order valence-corrected chi connectivity index (χ1v) is 7.19. The van der Waals surface area contributed by atoms with E-state index in [-0.39, 0.29) is 6.42 Å². The van der Waals surface area contributed by atoms with Crippen molar-refractivity contribution in [1.82, 2.24) is 4.90 Å². The normalized spacial score (nSPS) is 30.0. The molecule has 0 aliphatic carbocycles. The predicted octanol–water partition coefficient (Wildman–Crippen LogP) is 2.38. The number of aliphatic hydroxyl groups is 1. The van der Waals surface area contributed by atoms with Crippen molar-refractivity contribution in [1.29, 1.82) is 0 Å². The summed E-state index contributed by atoms with van der Waals surface area (Å²) in [5.41, 5.74) is -5.85. The van der Waals surface area contributed by atoms with Gasteiger partial charge in [0, 0.05) is 14.1 Å². The van der Waals surface area contributed by atoms with Gasteiger partial charge >= 0.3 is 12.4 Å². The van der Waals surface area contributed by atoms with Crippen molar-refractivity contribution in [2.75, 3.05) is 14.1 Å². The van der Waals surface area contributed by atoms with Gasteiger partial charge in [0.25, 0.3) is 5.60 Å². The molecule has 3 atom stereocenters. The first-order valence-electron chi connectivity index (χ1n) is 6.31. The van der Waals surface area contributed by atoms with Crippen molar-refractivity contribution in [3.63, 3.8) is 0 Å². The van der Waals surface area contributed by atoms with Crippen molar-refractivity contribution in [3.8, 4) is 0 Å². The van der Waals surface area contributed by atoms with Gasteiger partial charge in [0.15, 0.2) is 5.17 Å². The summed E-state index contributed by atoms with van der Waals surface area (Å²) in [4.78, 5) is 5.79. The second-order valence-corrected chi connectivity index (χ2v) is 6.39. The molecule has 2 aliphatic heterocycles. The first-order chi connectivity index (χ1) is 9.88. The van der Waals surface area contributed by atoms with Crippen LogP contribution in [-0.4, -0.2) is 64.8 Å². The average Bonchev–Trinajstić information content (AvgIpc) is 2.77. The molecule has 0 aromatic rings. The number of hydrogen-bond donors (Lipinski definition) is 1. The van der Waals surface area contributed by atoms with E-state index in [1.807, 2.05) is 0 Å². The zero-order valence-electron chi connectivity index (χ0n) is 11.6. The Hall–Kier alpha value is -0.680. The number of hydrogen-bond acceptors (Lipinski definition) is 5. The minimum atomic E-state index is -5.88. The van der Waals surface area contributed by atoms with Gasteiger partial charge < -0.3 is 14.7 Å². The Bertz CT molecular complexity index is 450. The topological polar surface area (TPSA) is 45.1 Å². The number of amidine groups is 1. The minimum Gasteiger partial charge on any atom is -0.372 e. The molecular weight excluding hydrogens is 338 g/mol. The second-order valence-electron chi connectivity index (χ2n) is 5.32. The molecule has 1 N–H and O–H groups in total. The molecule has 11 heteroatoms. The summed E-state index contributed by atoms with van der Waals surface area (Å²) < 4.78 is 82.0. The van der Waals surface area contributed by atoms with Crippen molar-refractivity contribution in [3.05, 3.63) is 0 Å². The maximum atomic E-state index is 12.8. The Kier molecular flexibility index (Phi) is 4.37. The van der Waals surface area contributed by atoms with Crippen molar-refractivity contribution >= 4 is 16.9 Å². The predicted molar refractivity (Wildman–Crippen MR) is 67.5 cm³/mol. The van der Waals surface area contributed by atoms with E-state index in [0.717, 1.165) is 11.8 Å². The SMILES string of the molecule is CN(C)C1=N[C@@H]2CC[C@@H](C(O)(C(F)(F)F)C(F)(F)F)O[C@@H]2S1. The number of aliphatic imine (C=N–C) groups is 1. The molecule has 0 bridgehead atoms. The van der Waals surface area contributed by atoms with E-state index in [0.29, 0.717) is 5.17 Å². The van der Waals surface area contributed by atoms with Gasteiger partial charge in [-0.2, -0.15) is 26.3 Å².